The molecule has 0 fully saturated rings. The van der Waals surface area contributed by atoms with Crippen LogP contribution in [0.4, 0.5) is 5.69 Å². The van der Waals surface area contributed by atoms with Crippen molar-refractivity contribution in [3.8, 4) is 0 Å². The van der Waals surface area contributed by atoms with Crippen molar-refractivity contribution < 1.29 is 19.1 Å². The van der Waals surface area contributed by atoms with Crippen molar-refractivity contribution >= 4 is 29.2 Å². The Labute approximate surface area is 90.1 Å². The Morgan fingerprint density at radius 3 is 2.67 bits per heavy atom. The molecule has 1 rings (SSSR count). The summed E-state index contributed by atoms with van der Waals surface area (Å²) >= 11 is 0.818. The van der Waals surface area contributed by atoms with Gasteiger partial charge in [0.05, 0.1) is 19.4 Å². The number of rotatable bonds is 3. The van der Waals surface area contributed by atoms with E-state index in [2.05, 4.69) is 9.11 Å². The molecule has 0 atom stereocenters. The number of anilines is 1. The predicted octanol–water partition coefficient (Wildman–Crippen LogP) is 0.689. The third-order valence-corrected chi connectivity index (χ3v) is 2.41. The topological polar surface area (TPSA) is 91.5 Å². The van der Waals surface area contributed by atoms with E-state index in [-0.39, 0.29) is 22.9 Å². The number of ether oxygens (including phenoxy) is 2. The second kappa shape index (κ2) is 4.74. The van der Waals surface area contributed by atoms with Gasteiger partial charge in [-0.2, -0.15) is 4.37 Å². The lowest BCUT2D eigenvalue weighted by Gasteiger charge is -1.99. The Kier molecular flexibility index (Phi) is 3.62. The van der Waals surface area contributed by atoms with Gasteiger partial charge in [-0.05, 0) is 18.5 Å². The number of aromatic nitrogens is 1. The first-order valence-corrected chi connectivity index (χ1v) is 4.89. The number of nitrogens with zero attached hydrogens (tertiary/aromatic N) is 1. The molecule has 7 heteroatoms. The fraction of sp³-hybridized carbons (Fsp3) is 0.375. The van der Waals surface area contributed by atoms with Crippen molar-refractivity contribution in [3.63, 3.8) is 0 Å². The summed E-state index contributed by atoms with van der Waals surface area (Å²) in [6.45, 7) is 1.92. The molecule has 0 unspecified atom stereocenters. The summed E-state index contributed by atoms with van der Waals surface area (Å²) in [5.41, 5.74) is 5.51. The molecule has 6 nitrogen and oxygen atoms in total. The third kappa shape index (κ3) is 2.24. The normalized spacial score (nSPS) is 9.73. The van der Waals surface area contributed by atoms with Crippen molar-refractivity contribution in [2.75, 3.05) is 19.5 Å². The van der Waals surface area contributed by atoms with Crippen LogP contribution in [-0.4, -0.2) is 30.0 Å². The molecule has 0 bridgehead atoms. The second-order valence-corrected chi connectivity index (χ2v) is 3.26. The number of hydrogen-bond acceptors (Lipinski definition) is 7. The minimum atomic E-state index is -0.667. The second-order valence-electron chi connectivity index (χ2n) is 2.49. The van der Waals surface area contributed by atoms with E-state index < -0.39 is 11.9 Å². The van der Waals surface area contributed by atoms with Gasteiger partial charge in [0.1, 0.15) is 0 Å². The zero-order chi connectivity index (χ0) is 11.4. The van der Waals surface area contributed by atoms with Gasteiger partial charge in [0.25, 0.3) is 0 Å². The van der Waals surface area contributed by atoms with Gasteiger partial charge in [-0.15, -0.1) is 0 Å². The first-order chi connectivity index (χ1) is 7.11. The number of carbonyl (C=O) groups is 2. The molecule has 0 aliphatic rings. The molecule has 0 saturated carbocycles. The van der Waals surface area contributed by atoms with Crippen LogP contribution >= 0.6 is 11.5 Å². The van der Waals surface area contributed by atoms with E-state index in [1.165, 1.54) is 7.11 Å². The number of nitrogens with two attached hydrogens (primary N) is 1. The molecule has 0 aliphatic heterocycles. The lowest BCUT2D eigenvalue weighted by Crippen LogP contribution is -2.08. The van der Waals surface area contributed by atoms with E-state index in [0.717, 1.165) is 11.5 Å². The summed E-state index contributed by atoms with van der Waals surface area (Å²) in [6.07, 6.45) is 0. The highest BCUT2D eigenvalue weighted by atomic mass is 32.1. The summed E-state index contributed by atoms with van der Waals surface area (Å²) < 4.78 is 12.9. The Morgan fingerprint density at radius 2 is 2.13 bits per heavy atom. The van der Waals surface area contributed by atoms with Gasteiger partial charge in [0, 0.05) is 0 Å². The van der Waals surface area contributed by atoms with Crippen LogP contribution in [-0.2, 0) is 9.47 Å². The summed E-state index contributed by atoms with van der Waals surface area (Å²) in [5.74, 6) is -1.25. The lowest BCUT2D eigenvalue weighted by molar-refractivity contribution is 0.0533. The van der Waals surface area contributed by atoms with Gasteiger partial charge < -0.3 is 15.2 Å². The summed E-state index contributed by atoms with van der Waals surface area (Å²) in [5, 5.41) is 0. The fourth-order valence-corrected chi connectivity index (χ4v) is 1.57. The van der Waals surface area contributed by atoms with Crippen LogP contribution in [0, 0.1) is 0 Å². The standard InChI is InChI=1S/C8H10N2O4S/c1-3-14-8(12)6-4(9)5(10-15-6)7(11)13-2/h3,9H2,1-2H3. The molecule has 0 saturated heterocycles. The quantitative estimate of drug-likeness (QED) is 0.768. The van der Waals surface area contributed by atoms with Crippen LogP contribution in [0.15, 0.2) is 0 Å². The van der Waals surface area contributed by atoms with Crippen LogP contribution in [0.1, 0.15) is 27.1 Å². The van der Waals surface area contributed by atoms with E-state index in [4.69, 9.17) is 10.5 Å². The molecule has 0 amide bonds. The van der Waals surface area contributed by atoms with Crippen LogP contribution in [0.25, 0.3) is 0 Å². The van der Waals surface area contributed by atoms with E-state index in [1.54, 1.807) is 6.92 Å². The van der Waals surface area contributed by atoms with Crippen molar-refractivity contribution in [1.82, 2.24) is 4.37 Å². The molecule has 82 valence electrons. The lowest BCUT2D eigenvalue weighted by atomic mass is 10.3. The Bertz CT molecular complexity index is 388. The van der Waals surface area contributed by atoms with Gasteiger partial charge in [-0.1, -0.05) is 0 Å². The Balaban J connectivity index is 2.98. The molecule has 15 heavy (non-hydrogen) atoms. The minimum absolute atomic E-state index is 0.00491. The van der Waals surface area contributed by atoms with E-state index >= 15 is 0 Å². The van der Waals surface area contributed by atoms with Crippen LogP contribution < -0.4 is 5.73 Å². The highest BCUT2D eigenvalue weighted by Gasteiger charge is 2.23. The predicted molar refractivity (Wildman–Crippen MR) is 53.8 cm³/mol. The zero-order valence-corrected chi connectivity index (χ0v) is 9.09. The van der Waals surface area contributed by atoms with E-state index in [9.17, 15) is 9.59 Å². The number of carbonyl (C=O) groups excluding carboxylic acids is 2. The van der Waals surface area contributed by atoms with Crippen molar-refractivity contribution in [2.24, 2.45) is 0 Å². The largest absolute Gasteiger partial charge is 0.464 e. The average Bonchev–Trinajstić information content (AvgIpc) is 2.59. The van der Waals surface area contributed by atoms with Crippen molar-refractivity contribution in [3.05, 3.63) is 10.6 Å². The molecule has 1 heterocycles. The summed E-state index contributed by atoms with van der Waals surface area (Å²) in [4.78, 5) is 22.5. The Hall–Kier alpha value is -1.63. The monoisotopic (exact) mass is 230 g/mol. The number of methoxy groups -OCH3 is 1. The molecule has 2 N–H and O–H groups in total. The summed E-state index contributed by atoms with van der Waals surface area (Å²) in [6, 6.07) is 0. The van der Waals surface area contributed by atoms with Gasteiger partial charge in [-0.3, -0.25) is 0 Å². The zero-order valence-electron chi connectivity index (χ0n) is 8.27. The maximum Gasteiger partial charge on any atom is 0.359 e. The molecule has 0 spiro atoms. The van der Waals surface area contributed by atoms with E-state index in [1.807, 2.05) is 0 Å². The smallest absolute Gasteiger partial charge is 0.359 e. The van der Waals surface area contributed by atoms with Gasteiger partial charge in [0.2, 0.25) is 0 Å². The number of hydrogen-bond donors (Lipinski definition) is 1. The Morgan fingerprint density at radius 1 is 1.47 bits per heavy atom. The highest BCUT2D eigenvalue weighted by Crippen LogP contribution is 2.22. The van der Waals surface area contributed by atoms with Crippen molar-refractivity contribution in [1.29, 1.82) is 0 Å². The molecular formula is C8H10N2O4S. The average molecular weight is 230 g/mol. The molecule has 0 aliphatic carbocycles. The van der Waals surface area contributed by atoms with Crippen LogP contribution in [0.5, 0.6) is 0 Å². The molecule has 1 aromatic heterocycles. The highest BCUT2D eigenvalue weighted by molar-refractivity contribution is 7.08. The maximum absolute atomic E-state index is 11.3. The molecule has 0 aromatic carbocycles. The summed E-state index contributed by atoms with van der Waals surface area (Å²) in [7, 11) is 1.21. The van der Waals surface area contributed by atoms with Crippen LogP contribution in [0.3, 0.4) is 0 Å². The maximum atomic E-state index is 11.3. The minimum Gasteiger partial charge on any atom is -0.464 e. The first kappa shape index (κ1) is 11.4. The van der Waals surface area contributed by atoms with Crippen LogP contribution in [0.2, 0.25) is 0 Å². The first-order valence-electron chi connectivity index (χ1n) is 4.12. The molecular weight excluding hydrogens is 220 g/mol. The third-order valence-electron chi connectivity index (χ3n) is 1.57. The van der Waals surface area contributed by atoms with Crippen molar-refractivity contribution in [2.45, 2.75) is 6.92 Å². The van der Waals surface area contributed by atoms with E-state index in [0.29, 0.717) is 0 Å². The fourth-order valence-electron chi connectivity index (χ4n) is 0.885. The molecule has 0 radical (unpaired) electrons. The number of esters is 2. The van der Waals surface area contributed by atoms with Gasteiger partial charge >= 0.3 is 11.9 Å². The molecule has 1 aromatic rings. The van der Waals surface area contributed by atoms with Gasteiger partial charge in [-0.25, -0.2) is 9.59 Å². The SMILES string of the molecule is CCOC(=O)c1snc(C(=O)OC)c1N. The number of nitrogen functional groups attached to an aromatic ring is 1. The van der Waals surface area contributed by atoms with Gasteiger partial charge in [0.15, 0.2) is 10.6 Å².